The molecule has 1 fully saturated rings. The summed E-state index contributed by atoms with van der Waals surface area (Å²) in [6.07, 6.45) is -2.19. The van der Waals surface area contributed by atoms with Crippen LogP contribution < -0.4 is 10.6 Å². The lowest BCUT2D eigenvalue weighted by molar-refractivity contribution is -0.138. The lowest BCUT2D eigenvalue weighted by Gasteiger charge is -2.34. The number of nitrogens with zero attached hydrogens (tertiary/aromatic N) is 1. The molecular weight excluding hydrogens is 383 g/mol. The minimum Gasteiger partial charge on any atom is -0.343 e. The number of benzene rings is 1. The maximum atomic E-state index is 13.0. The summed E-state index contributed by atoms with van der Waals surface area (Å²) >= 11 is 0. The van der Waals surface area contributed by atoms with E-state index >= 15 is 0 Å². The molecule has 1 aromatic carbocycles. The lowest BCUT2D eigenvalue weighted by Crippen LogP contribution is -2.49. The van der Waals surface area contributed by atoms with Gasteiger partial charge in [-0.15, -0.1) is 12.4 Å². The van der Waals surface area contributed by atoms with Gasteiger partial charge >= 0.3 is 6.18 Å². The van der Waals surface area contributed by atoms with Crippen molar-refractivity contribution in [2.75, 3.05) is 26.2 Å². The number of carbonyl (C=O) groups is 2. The molecule has 9 heteroatoms. The second kappa shape index (κ2) is 10.5. The Balaban J connectivity index is 0.00000364. The second-order valence-electron chi connectivity index (χ2n) is 6.29. The first-order chi connectivity index (χ1) is 12.3. The highest BCUT2D eigenvalue weighted by Crippen LogP contribution is 2.31. The van der Waals surface area contributed by atoms with Gasteiger partial charge in [-0.25, -0.2) is 0 Å². The van der Waals surface area contributed by atoms with Crippen LogP contribution >= 0.6 is 12.4 Å². The number of hydrogen-bond donors (Lipinski definition) is 2. The van der Waals surface area contributed by atoms with Crippen molar-refractivity contribution in [3.8, 4) is 0 Å². The Labute approximate surface area is 163 Å². The summed E-state index contributed by atoms with van der Waals surface area (Å²) in [5.41, 5.74) is -1.48. The van der Waals surface area contributed by atoms with Crippen LogP contribution in [0.25, 0.3) is 0 Å². The number of amides is 2. The lowest BCUT2D eigenvalue weighted by atomic mass is 10.0. The molecule has 1 heterocycles. The summed E-state index contributed by atoms with van der Waals surface area (Å²) in [6, 6.07) is 4.66. The molecule has 0 saturated carbocycles. The maximum Gasteiger partial charge on any atom is 0.417 e. The van der Waals surface area contributed by atoms with E-state index in [0.717, 1.165) is 44.5 Å². The maximum absolute atomic E-state index is 13.0. The Hall–Kier alpha value is -1.80. The van der Waals surface area contributed by atoms with Gasteiger partial charge < -0.3 is 15.5 Å². The van der Waals surface area contributed by atoms with Crippen molar-refractivity contribution in [3.05, 3.63) is 35.4 Å². The fourth-order valence-corrected chi connectivity index (χ4v) is 3.15. The van der Waals surface area contributed by atoms with Crippen molar-refractivity contribution in [1.82, 2.24) is 15.5 Å². The average molecular weight is 408 g/mol. The molecule has 1 aromatic rings. The highest BCUT2D eigenvalue weighted by atomic mass is 35.5. The van der Waals surface area contributed by atoms with E-state index in [1.165, 1.54) is 12.1 Å². The molecule has 0 radical (unpaired) electrons. The van der Waals surface area contributed by atoms with Crippen LogP contribution in [0.3, 0.4) is 0 Å². The first-order valence-electron chi connectivity index (χ1n) is 8.79. The monoisotopic (exact) mass is 407 g/mol. The number of piperidine rings is 1. The zero-order valence-corrected chi connectivity index (χ0v) is 16.0. The molecule has 2 amide bonds. The standard InChI is InChI=1S/C18H24F3N3O2.ClH/c1-2-11-24(13-7-9-22-10-8-13)16(25)12-23-17(26)14-5-3-4-6-15(14)18(19,20)21;/h3-6,13,22H,2,7-12H2,1H3,(H,23,26);1H. The first kappa shape index (κ1) is 23.2. The van der Waals surface area contributed by atoms with E-state index in [4.69, 9.17) is 0 Å². The van der Waals surface area contributed by atoms with E-state index in [1.807, 2.05) is 6.92 Å². The molecule has 2 rings (SSSR count). The summed E-state index contributed by atoms with van der Waals surface area (Å²) in [6.45, 7) is 3.86. The molecule has 0 unspecified atom stereocenters. The van der Waals surface area contributed by atoms with Crippen LogP contribution in [0.4, 0.5) is 13.2 Å². The first-order valence-corrected chi connectivity index (χ1v) is 8.79. The molecule has 0 aromatic heterocycles. The quantitative estimate of drug-likeness (QED) is 0.762. The van der Waals surface area contributed by atoms with Crippen LogP contribution in [-0.2, 0) is 11.0 Å². The van der Waals surface area contributed by atoms with Crippen LogP contribution in [0.1, 0.15) is 42.1 Å². The topological polar surface area (TPSA) is 61.4 Å². The predicted molar refractivity (Wildman–Crippen MR) is 98.9 cm³/mol. The van der Waals surface area contributed by atoms with Gasteiger partial charge in [-0.3, -0.25) is 9.59 Å². The molecule has 0 atom stereocenters. The minimum absolute atomic E-state index is 0. The van der Waals surface area contributed by atoms with E-state index in [-0.39, 0.29) is 30.9 Å². The van der Waals surface area contributed by atoms with Crippen LogP contribution in [0.15, 0.2) is 24.3 Å². The fourth-order valence-electron chi connectivity index (χ4n) is 3.15. The van der Waals surface area contributed by atoms with Crippen LogP contribution in [0.2, 0.25) is 0 Å². The third-order valence-electron chi connectivity index (χ3n) is 4.41. The van der Waals surface area contributed by atoms with Gasteiger partial charge in [0.1, 0.15) is 0 Å². The summed E-state index contributed by atoms with van der Waals surface area (Å²) in [5.74, 6) is -1.16. The summed E-state index contributed by atoms with van der Waals surface area (Å²) < 4.78 is 39.1. The van der Waals surface area contributed by atoms with Gasteiger partial charge in [-0.1, -0.05) is 19.1 Å². The third kappa shape index (κ3) is 6.39. The molecule has 5 nitrogen and oxygen atoms in total. The molecular formula is C18H25ClF3N3O2. The molecule has 0 spiro atoms. The van der Waals surface area contributed by atoms with Gasteiger partial charge in [-0.05, 0) is 44.5 Å². The number of alkyl halides is 3. The van der Waals surface area contributed by atoms with Gasteiger partial charge in [0.15, 0.2) is 0 Å². The predicted octanol–water partition coefficient (Wildman–Crippen LogP) is 2.85. The molecule has 0 bridgehead atoms. The van der Waals surface area contributed by atoms with Gasteiger partial charge in [0, 0.05) is 12.6 Å². The average Bonchev–Trinajstić information content (AvgIpc) is 2.64. The summed E-state index contributed by atoms with van der Waals surface area (Å²) in [4.78, 5) is 26.4. The van der Waals surface area contributed by atoms with E-state index in [1.54, 1.807) is 4.90 Å². The van der Waals surface area contributed by atoms with Crippen molar-refractivity contribution in [2.24, 2.45) is 0 Å². The van der Waals surface area contributed by atoms with Crippen LogP contribution in [0.5, 0.6) is 0 Å². The van der Waals surface area contributed by atoms with Crippen LogP contribution in [0, 0.1) is 0 Å². The largest absolute Gasteiger partial charge is 0.417 e. The van der Waals surface area contributed by atoms with E-state index in [2.05, 4.69) is 10.6 Å². The SMILES string of the molecule is CCCN(C(=O)CNC(=O)c1ccccc1C(F)(F)F)C1CCNCC1.Cl. The normalized spacial score (nSPS) is 15.0. The summed E-state index contributed by atoms with van der Waals surface area (Å²) in [5, 5.41) is 5.57. The molecule has 27 heavy (non-hydrogen) atoms. The van der Waals surface area contributed by atoms with Gasteiger partial charge in [0.05, 0.1) is 17.7 Å². The molecule has 152 valence electrons. The highest BCUT2D eigenvalue weighted by Gasteiger charge is 2.35. The smallest absolute Gasteiger partial charge is 0.343 e. The number of carbonyl (C=O) groups excluding carboxylic acids is 2. The van der Waals surface area contributed by atoms with Crippen molar-refractivity contribution in [1.29, 1.82) is 0 Å². The molecule has 1 saturated heterocycles. The Morgan fingerprint density at radius 3 is 2.44 bits per heavy atom. The Morgan fingerprint density at radius 1 is 1.22 bits per heavy atom. The van der Waals surface area contributed by atoms with Crippen LogP contribution in [-0.4, -0.2) is 48.9 Å². The number of rotatable bonds is 6. The van der Waals surface area contributed by atoms with Gasteiger partial charge in [0.2, 0.25) is 5.91 Å². The molecule has 1 aliphatic heterocycles. The van der Waals surface area contributed by atoms with Crippen molar-refractivity contribution in [2.45, 2.75) is 38.4 Å². The molecule has 0 aliphatic carbocycles. The van der Waals surface area contributed by atoms with Gasteiger partial charge in [0.25, 0.3) is 5.91 Å². The third-order valence-corrected chi connectivity index (χ3v) is 4.41. The fraction of sp³-hybridized carbons (Fsp3) is 0.556. The Kier molecular flexibility index (Phi) is 9.05. The van der Waals surface area contributed by atoms with Crippen molar-refractivity contribution < 1.29 is 22.8 Å². The zero-order chi connectivity index (χ0) is 19.2. The minimum atomic E-state index is -4.62. The Bertz CT molecular complexity index is 635. The summed E-state index contributed by atoms with van der Waals surface area (Å²) in [7, 11) is 0. The van der Waals surface area contributed by atoms with Crippen molar-refractivity contribution >= 4 is 24.2 Å². The number of hydrogen-bond acceptors (Lipinski definition) is 3. The Morgan fingerprint density at radius 2 is 1.85 bits per heavy atom. The highest BCUT2D eigenvalue weighted by molar-refractivity contribution is 5.97. The van der Waals surface area contributed by atoms with Crippen molar-refractivity contribution in [3.63, 3.8) is 0 Å². The zero-order valence-electron chi connectivity index (χ0n) is 15.1. The van der Waals surface area contributed by atoms with Gasteiger partial charge in [-0.2, -0.15) is 13.2 Å². The molecule has 1 aliphatic rings. The molecule has 2 N–H and O–H groups in total. The van der Waals surface area contributed by atoms with E-state index in [9.17, 15) is 22.8 Å². The number of halogens is 4. The van der Waals surface area contributed by atoms with E-state index in [0.29, 0.717) is 6.54 Å². The second-order valence-corrected chi connectivity index (χ2v) is 6.29. The van der Waals surface area contributed by atoms with E-state index < -0.39 is 23.2 Å². The number of nitrogens with one attached hydrogen (secondary N) is 2.